The number of alkyl carbamates (subject to hydrolysis) is 1. The van der Waals surface area contributed by atoms with Gasteiger partial charge in [-0.15, -0.1) is 0 Å². The Kier molecular flexibility index (Phi) is 17.3. The lowest BCUT2D eigenvalue weighted by Crippen LogP contribution is -2.46. The average Bonchev–Trinajstić information content (AvgIpc) is 3.77. The number of aryl methyl sites for hydroxylation is 2. The molecule has 2 saturated heterocycles. The summed E-state index contributed by atoms with van der Waals surface area (Å²) in [7, 11) is 0. The van der Waals surface area contributed by atoms with Crippen molar-refractivity contribution in [2.45, 2.75) is 75.4 Å². The molecule has 25 heteroatoms. The number of carbonyl (C=O) groups excluding carboxylic acids is 4. The van der Waals surface area contributed by atoms with Gasteiger partial charge in [-0.05, 0) is 98.5 Å². The molecule has 0 spiro atoms. The molecule has 2 heterocycles. The van der Waals surface area contributed by atoms with Crippen LogP contribution in [0.25, 0.3) is 0 Å². The molecule has 4 aromatic carbocycles. The molecular formula is C42H31BrCl4F12N2O6. The normalized spacial score (nSPS) is 18.5. The predicted molar refractivity (Wildman–Crippen MR) is 225 cm³/mol. The highest BCUT2D eigenvalue weighted by Crippen LogP contribution is 2.50. The van der Waals surface area contributed by atoms with E-state index in [1.54, 1.807) is 6.07 Å². The first-order valence-electron chi connectivity index (χ1n) is 18.8. The number of Topliss-reactive ketones (excluding diaryl/α,β-unsaturated/α-hetero) is 2. The summed E-state index contributed by atoms with van der Waals surface area (Å²) < 4.78 is 170. The lowest BCUT2D eigenvalue weighted by atomic mass is 9.92. The van der Waals surface area contributed by atoms with Crippen LogP contribution in [0.2, 0.25) is 20.1 Å². The van der Waals surface area contributed by atoms with Gasteiger partial charge in [-0.25, -0.2) is 9.59 Å². The smallest absolute Gasteiger partial charge is 0.426 e. The number of anilines is 1. The maximum Gasteiger partial charge on any atom is 0.434 e. The summed E-state index contributed by atoms with van der Waals surface area (Å²) in [6, 6.07) is 13.1. The Labute approximate surface area is 400 Å². The summed E-state index contributed by atoms with van der Waals surface area (Å²) in [5, 5.41) is 1.75. The van der Waals surface area contributed by atoms with Crippen LogP contribution >= 0.6 is 62.3 Å². The second kappa shape index (κ2) is 21.1. The van der Waals surface area contributed by atoms with Crippen molar-refractivity contribution >= 4 is 91.8 Å². The van der Waals surface area contributed by atoms with Gasteiger partial charge in [0.1, 0.15) is 11.6 Å². The molecule has 67 heavy (non-hydrogen) atoms. The number of rotatable bonds is 9. The molecule has 364 valence electrons. The van der Waals surface area contributed by atoms with Gasteiger partial charge in [0.2, 0.25) is 0 Å². The zero-order valence-electron chi connectivity index (χ0n) is 34.0. The summed E-state index contributed by atoms with van der Waals surface area (Å²) in [5.74, 6) is -0.443. The van der Waals surface area contributed by atoms with Crippen LogP contribution in [0.4, 0.5) is 68.0 Å². The number of alkyl halides is 12. The van der Waals surface area contributed by atoms with Gasteiger partial charge in [0, 0.05) is 54.2 Å². The van der Waals surface area contributed by atoms with Gasteiger partial charge in [0.25, 0.3) is 11.2 Å². The maximum atomic E-state index is 14.1. The fourth-order valence-electron chi connectivity index (χ4n) is 6.53. The van der Waals surface area contributed by atoms with E-state index in [0.717, 1.165) is 42.5 Å². The Morgan fingerprint density at radius 1 is 0.627 bits per heavy atom. The van der Waals surface area contributed by atoms with Crippen LogP contribution < -0.4 is 10.2 Å². The van der Waals surface area contributed by atoms with E-state index in [4.69, 9.17) is 51.1 Å². The number of nitrogens with one attached hydrogen (secondary N) is 1. The van der Waals surface area contributed by atoms with Crippen LogP contribution in [-0.4, -0.2) is 49.2 Å². The second-order valence-electron chi connectivity index (χ2n) is 14.7. The molecule has 8 nitrogen and oxygen atoms in total. The van der Waals surface area contributed by atoms with Crippen molar-refractivity contribution in [3.63, 3.8) is 0 Å². The topological polar surface area (TPSA) is 102 Å². The van der Waals surface area contributed by atoms with Gasteiger partial charge >= 0.3 is 36.9 Å². The van der Waals surface area contributed by atoms with Crippen LogP contribution in [0.15, 0.2) is 77.3 Å². The number of hydrogen-bond acceptors (Lipinski definition) is 6. The third-order valence-corrected chi connectivity index (χ3v) is 11.1. The summed E-state index contributed by atoms with van der Waals surface area (Å²) in [6.07, 6.45) is -21.9. The summed E-state index contributed by atoms with van der Waals surface area (Å²) in [4.78, 5) is 45.8. The van der Waals surface area contributed by atoms with E-state index in [9.17, 15) is 71.9 Å². The number of halogens is 17. The van der Waals surface area contributed by atoms with Gasteiger partial charge in [0.05, 0.1) is 24.2 Å². The van der Waals surface area contributed by atoms with E-state index in [1.807, 2.05) is 5.32 Å². The summed E-state index contributed by atoms with van der Waals surface area (Å²) in [5.41, 5.74) is -9.19. The van der Waals surface area contributed by atoms with Crippen molar-refractivity contribution in [2.24, 2.45) is 0 Å². The molecule has 0 saturated carbocycles. The Bertz CT molecular complexity index is 2480. The third kappa shape index (κ3) is 13.6. The van der Waals surface area contributed by atoms with Crippen LogP contribution in [0.5, 0.6) is 0 Å². The Balaban J connectivity index is 0.000000242. The number of ketones is 2. The van der Waals surface area contributed by atoms with E-state index in [1.165, 1.54) is 32.0 Å². The van der Waals surface area contributed by atoms with Crippen molar-refractivity contribution in [1.29, 1.82) is 0 Å². The molecule has 2 unspecified atom stereocenters. The van der Waals surface area contributed by atoms with Gasteiger partial charge in [0.15, 0.2) is 0 Å². The first-order valence-corrected chi connectivity index (χ1v) is 21.1. The average molecular weight is 1110 g/mol. The lowest BCUT2D eigenvalue weighted by Gasteiger charge is -2.30. The zero-order valence-corrected chi connectivity index (χ0v) is 38.6. The quantitative estimate of drug-likeness (QED) is 0.168. The zero-order chi connectivity index (χ0) is 50.7. The van der Waals surface area contributed by atoms with Crippen molar-refractivity contribution < 1.29 is 81.3 Å². The van der Waals surface area contributed by atoms with Crippen molar-refractivity contribution in [1.82, 2.24) is 5.32 Å². The minimum atomic E-state index is -5.14. The van der Waals surface area contributed by atoms with Crippen LogP contribution in [-0.2, 0) is 55.5 Å². The van der Waals surface area contributed by atoms with Crippen LogP contribution in [0, 0.1) is 0 Å². The van der Waals surface area contributed by atoms with E-state index in [-0.39, 0.29) is 74.0 Å². The molecule has 2 aliphatic rings. The molecule has 2 amide bonds. The highest BCUT2D eigenvalue weighted by atomic mass is 79.9. The first kappa shape index (κ1) is 55.2. The number of nitrogens with zero attached hydrogens (tertiary/aromatic N) is 1. The minimum Gasteiger partial charge on any atom is -0.426 e. The lowest BCUT2D eigenvalue weighted by molar-refractivity contribution is -0.250. The highest BCUT2D eigenvalue weighted by molar-refractivity contribution is 9.10. The van der Waals surface area contributed by atoms with Gasteiger partial charge < -0.3 is 24.4 Å². The second-order valence-corrected chi connectivity index (χ2v) is 17.4. The van der Waals surface area contributed by atoms with E-state index in [2.05, 4.69) is 20.7 Å². The molecule has 6 rings (SSSR count). The fourth-order valence-corrected chi connectivity index (χ4v) is 7.94. The number of amides is 2. The Morgan fingerprint density at radius 3 is 1.43 bits per heavy atom. The first-order chi connectivity index (χ1) is 30.7. The molecule has 0 radical (unpaired) electrons. The maximum absolute atomic E-state index is 14.1. The molecule has 1 N–H and O–H groups in total. The Hall–Kier alpha value is -4.44. The number of cyclic esters (lactones) is 2. The molecular weight excluding hydrogens is 1080 g/mol. The standard InChI is InChI=1S/C21H15Cl2F6NO3.C11H10BrF3O.C10H6Cl2F3NO2/c1-11(31)2-3-12-4-5-16(9-17(12)20(24,25)26)30-10-19(21(27,28)29,33-18(30)32)13-6-14(22)8-15(23)7-13;1-7(16)2-3-8-4-5-9(12)6-10(8)11(13,14)15;11-6-1-5(2-7(12)3-6)9(10(13,14)15)4-16-8(17)18-9/h4-9H,2-3,10H2,1H3;4-6H,2-3H2,1H3;1-3H,4H2,(H,16,17). The molecule has 2 fully saturated rings. The Morgan fingerprint density at radius 2 is 1.04 bits per heavy atom. The molecule has 0 aromatic heterocycles. The SMILES string of the molecule is CC(=O)CCc1ccc(Br)cc1C(F)(F)F.CC(=O)CCc1ccc(N2CC(c3cc(Cl)cc(Cl)c3)(C(F)(F)F)OC2=O)cc1C(F)(F)F.O=C1NCC(c2cc(Cl)cc(Cl)c2)(C(F)(F)F)O1. The minimum absolute atomic E-state index is 0.0315. The number of ether oxygens (including phenoxy) is 2. The molecule has 2 aliphatic heterocycles. The van der Waals surface area contributed by atoms with E-state index < -0.39 is 83.6 Å². The monoisotopic (exact) mass is 1110 g/mol. The van der Waals surface area contributed by atoms with Gasteiger partial charge in [-0.1, -0.05) is 74.5 Å². The predicted octanol–water partition coefficient (Wildman–Crippen LogP) is 14.4. The highest BCUT2D eigenvalue weighted by Gasteiger charge is 2.65. The van der Waals surface area contributed by atoms with Crippen LogP contribution in [0.3, 0.4) is 0 Å². The summed E-state index contributed by atoms with van der Waals surface area (Å²) >= 11 is 26.0. The van der Waals surface area contributed by atoms with Crippen molar-refractivity contribution in [3.8, 4) is 0 Å². The van der Waals surface area contributed by atoms with Crippen molar-refractivity contribution in [3.05, 3.63) is 131 Å². The number of benzene rings is 4. The third-order valence-electron chi connectivity index (χ3n) is 9.77. The van der Waals surface area contributed by atoms with Crippen molar-refractivity contribution in [2.75, 3.05) is 18.0 Å². The van der Waals surface area contributed by atoms with Crippen LogP contribution in [0.1, 0.15) is 60.1 Å². The summed E-state index contributed by atoms with van der Waals surface area (Å²) in [6.45, 7) is 0.717. The molecule has 4 aromatic rings. The number of carbonyl (C=O) groups is 4. The fraction of sp³-hybridized carbons (Fsp3) is 0.333. The largest absolute Gasteiger partial charge is 0.434 e. The molecule has 2 atom stereocenters. The number of hydrogen-bond donors (Lipinski definition) is 1. The van der Waals surface area contributed by atoms with E-state index in [0.29, 0.717) is 15.4 Å². The van der Waals surface area contributed by atoms with Gasteiger partial charge in [-0.2, -0.15) is 52.7 Å². The van der Waals surface area contributed by atoms with E-state index >= 15 is 0 Å². The molecule has 0 bridgehead atoms. The van der Waals surface area contributed by atoms with Gasteiger partial charge in [-0.3, -0.25) is 4.90 Å². The molecule has 0 aliphatic carbocycles.